The number of halogens is 3. The molecule has 0 spiro atoms. The molecule has 1 amide bonds. The van der Waals surface area contributed by atoms with E-state index in [2.05, 4.69) is 4.98 Å². The highest BCUT2D eigenvalue weighted by atomic mass is 32.1. The smallest absolute Gasteiger partial charge is 0.349 e. The topological polar surface area (TPSA) is 36.4 Å². The third-order valence-corrected chi connectivity index (χ3v) is 5.15. The summed E-state index contributed by atoms with van der Waals surface area (Å²) in [5.74, 6) is -0.0218. The van der Waals surface area contributed by atoms with Gasteiger partial charge in [-0.05, 0) is 12.5 Å². The van der Waals surface area contributed by atoms with E-state index in [0.29, 0.717) is 23.9 Å². The van der Waals surface area contributed by atoms with Gasteiger partial charge in [-0.3, -0.25) is 4.79 Å². The summed E-state index contributed by atoms with van der Waals surface area (Å²) in [5, 5.41) is 2.29. The first-order valence-corrected chi connectivity index (χ1v) is 8.73. The lowest BCUT2D eigenvalue weighted by Crippen LogP contribution is -2.31. The van der Waals surface area contributed by atoms with Gasteiger partial charge in [0, 0.05) is 38.1 Å². The quantitative estimate of drug-likeness (QED) is 0.827. The molecule has 134 valence electrons. The number of nitrogens with zero attached hydrogens (tertiary/aromatic N) is 3. The molecule has 0 N–H and O–H groups in total. The average Bonchev–Trinajstić information content (AvgIpc) is 3.22. The Bertz CT molecular complexity index is 772. The van der Waals surface area contributed by atoms with Gasteiger partial charge in [-0.1, -0.05) is 18.2 Å². The molecule has 0 aliphatic carbocycles. The zero-order valence-electron chi connectivity index (χ0n) is 13.9. The number of carbonyl (C=O) groups is 1. The normalized spacial score (nSPS) is 17.8. The number of amides is 1. The molecule has 25 heavy (non-hydrogen) atoms. The van der Waals surface area contributed by atoms with Crippen LogP contribution in [0.25, 0.3) is 11.3 Å². The highest BCUT2D eigenvalue weighted by molar-refractivity contribution is 7.14. The first kappa shape index (κ1) is 17.7. The molecule has 1 aliphatic heterocycles. The first-order chi connectivity index (χ1) is 11.8. The molecule has 1 aliphatic rings. The van der Waals surface area contributed by atoms with Crippen molar-refractivity contribution in [1.29, 1.82) is 0 Å². The third kappa shape index (κ3) is 3.63. The number of carbonyl (C=O) groups excluding carboxylic acids is 1. The molecule has 1 atom stereocenters. The third-order valence-electron chi connectivity index (χ3n) is 4.25. The Morgan fingerprint density at radius 3 is 2.72 bits per heavy atom. The molecule has 1 aromatic carbocycles. The Morgan fingerprint density at radius 2 is 2.04 bits per heavy atom. The maximum absolute atomic E-state index is 13.2. The first-order valence-electron chi connectivity index (χ1n) is 7.85. The number of anilines is 1. The van der Waals surface area contributed by atoms with Crippen LogP contribution in [0.1, 0.15) is 12.0 Å². The zero-order chi connectivity index (χ0) is 18.2. The van der Waals surface area contributed by atoms with Crippen molar-refractivity contribution in [1.82, 2.24) is 9.88 Å². The van der Waals surface area contributed by atoms with Crippen molar-refractivity contribution in [2.45, 2.75) is 12.6 Å². The van der Waals surface area contributed by atoms with Gasteiger partial charge >= 0.3 is 6.18 Å². The Hall–Kier alpha value is -2.09. The molecule has 1 saturated heterocycles. The second kappa shape index (κ2) is 6.67. The van der Waals surface area contributed by atoms with E-state index in [1.165, 1.54) is 23.5 Å². The van der Waals surface area contributed by atoms with Gasteiger partial charge in [0.1, 0.15) is 0 Å². The fourth-order valence-corrected chi connectivity index (χ4v) is 3.85. The SMILES string of the molecule is CN(C)C(=O)C1CCN(c2nc(-c3ccccc3C(F)(F)F)cs2)C1. The molecule has 8 heteroatoms. The van der Waals surface area contributed by atoms with Crippen LogP contribution in [-0.4, -0.2) is 43.0 Å². The van der Waals surface area contributed by atoms with Crippen LogP contribution in [0.4, 0.5) is 18.3 Å². The predicted octanol–water partition coefficient (Wildman–Crippen LogP) is 3.74. The Morgan fingerprint density at radius 1 is 1.32 bits per heavy atom. The lowest BCUT2D eigenvalue weighted by molar-refractivity contribution is -0.137. The molecular formula is C17H18F3N3OS. The Labute approximate surface area is 147 Å². The molecule has 2 heterocycles. The van der Waals surface area contributed by atoms with E-state index in [0.717, 1.165) is 12.5 Å². The largest absolute Gasteiger partial charge is 0.417 e. The van der Waals surface area contributed by atoms with Crippen LogP contribution >= 0.6 is 11.3 Å². The van der Waals surface area contributed by atoms with Crippen molar-refractivity contribution in [3.63, 3.8) is 0 Å². The summed E-state index contributed by atoms with van der Waals surface area (Å²) in [5.41, 5.74) is -0.290. The summed E-state index contributed by atoms with van der Waals surface area (Å²) in [6.45, 7) is 1.23. The molecule has 1 unspecified atom stereocenters. The van der Waals surface area contributed by atoms with Crippen LogP contribution in [0.15, 0.2) is 29.6 Å². The molecule has 0 saturated carbocycles. The van der Waals surface area contributed by atoms with Gasteiger partial charge < -0.3 is 9.80 Å². The van der Waals surface area contributed by atoms with Crippen LogP contribution in [-0.2, 0) is 11.0 Å². The second-order valence-electron chi connectivity index (χ2n) is 6.22. The van der Waals surface area contributed by atoms with Crippen molar-refractivity contribution >= 4 is 22.4 Å². The predicted molar refractivity (Wildman–Crippen MR) is 91.6 cm³/mol. The summed E-state index contributed by atoms with van der Waals surface area (Å²) in [6.07, 6.45) is -3.69. The van der Waals surface area contributed by atoms with Crippen molar-refractivity contribution in [3.05, 3.63) is 35.2 Å². The van der Waals surface area contributed by atoms with Crippen LogP contribution in [0.2, 0.25) is 0 Å². The number of alkyl halides is 3. The summed E-state index contributed by atoms with van der Waals surface area (Å²) < 4.78 is 39.5. The van der Waals surface area contributed by atoms with Crippen LogP contribution in [0, 0.1) is 5.92 Å². The molecule has 0 radical (unpaired) electrons. The van der Waals surface area contributed by atoms with Gasteiger partial charge in [0.15, 0.2) is 5.13 Å². The fraction of sp³-hybridized carbons (Fsp3) is 0.412. The van der Waals surface area contributed by atoms with Crippen LogP contribution in [0.5, 0.6) is 0 Å². The van der Waals surface area contributed by atoms with Gasteiger partial charge in [-0.15, -0.1) is 11.3 Å². The molecule has 2 aromatic rings. The number of thiazole rings is 1. The van der Waals surface area contributed by atoms with Crippen molar-refractivity contribution < 1.29 is 18.0 Å². The van der Waals surface area contributed by atoms with E-state index in [-0.39, 0.29) is 17.4 Å². The van der Waals surface area contributed by atoms with Crippen molar-refractivity contribution in [3.8, 4) is 11.3 Å². The van der Waals surface area contributed by atoms with E-state index in [9.17, 15) is 18.0 Å². The van der Waals surface area contributed by atoms with Crippen molar-refractivity contribution in [2.75, 3.05) is 32.1 Å². The fourth-order valence-electron chi connectivity index (χ4n) is 2.99. The summed E-state index contributed by atoms with van der Waals surface area (Å²) in [4.78, 5) is 20.0. The molecule has 0 bridgehead atoms. The summed E-state index contributed by atoms with van der Waals surface area (Å²) >= 11 is 1.31. The number of hydrogen-bond donors (Lipinski definition) is 0. The van der Waals surface area contributed by atoms with E-state index in [1.54, 1.807) is 30.4 Å². The van der Waals surface area contributed by atoms with Gasteiger partial charge in [-0.25, -0.2) is 4.98 Å². The molecule has 3 rings (SSSR count). The van der Waals surface area contributed by atoms with Gasteiger partial charge in [0.2, 0.25) is 5.91 Å². The standard InChI is InChI=1S/C17H18F3N3OS/c1-22(2)15(24)11-7-8-23(9-11)16-21-14(10-25-16)12-5-3-4-6-13(12)17(18,19)20/h3-6,10-11H,7-9H2,1-2H3. The van der Waals surface area contributed by atoms with Crippen LogP contribution < -0.4 is 4.90 Å². The number of benzene rings is 1. The van der Waals surface area contributed by atoms with Gasteiger partial charge in [0.25, 0.3) is 0 Å². The van der Waals surface area contributed by atoms with Gasteiger partial charge in [-0.2, -0.15) is 13.2 Å². The molecule has 4 nitrogen and oxygen atoms in total. The maximum atomic E-state index is 13.2. The van der Waals surface area contributed by atoms with Gasteiger partial charge in [0.05, 0.1) is 17.2 Å². The zero-order valence-corrected chi connectivity index (χ0v) is 14.7. The second-order valence-corrected chi connectivity index (χ2v) is 7.06. The summed E-state index contributed by atoms with van der Waals surface area (Å²) in [7, 11) is 3.45. The van der Waals surface area contributed by atoms with E-state index < -0.39 is 11.7 Å². The number of rotatable bonds is 3. The van der Waals surface area contributed by atoms with E-state index in [4.69, 9.17) is 0 Å². The molecule has 1 fully saturated rings. The number of hydrogen-bond acceptors (Lipinski definition) is 4. The average molecular weight is 369 g/mol. The van der Waals surface area contributed by atoms with Crippen LogP contribution in [0.3, 0.4) is 0 Å². The Kier molecular flexibility index (Phi) is 4.73. The monoisotopic (exact) mass is 369 g/mol. The number of aromatic nitrogens is 1. The highest BCUT2D eigenvalue weighted by Crippen LogP contribution is 2.38. The minimum absolute atomic E-state index is 0.0710. The van der Waals surface area contributed by atoms with Crippen molar-refractivity contribution in [2.24, 2.45) is 5.92 Å². The van der Waals surface area contributed by atoms with E-state index >= 15 is 0 Å². The highest BCUT2D eigenvalue weighted by Gasteiger charge is 2.34. The minimum Gasteiger partial charge on any atom is -0.349 e. The minimum atomic E-state index is -4.42. The maximum Gasteiger partial charge on any atom is 0.417 e. The lowest BCUT2D eigenvalue weighted by atomic mass is 10.1. The summed E-state index contributed by atoms with van der Waals surface area (Å²) in [6, 6.07) is 5.45. The molecular weight excluding hydrogens is 351 g/mol. The molecule has 1 aromatic heterocycles. The van der Waals surface area contributed by atoms with E-state index in [1.807, 2.05) is 4.90 Å². The lowest BCUT2D eigenvalue weighted by Gasteiger charge is -2.17. The Balaban J connectivity index is 1.82.